The van der Waals surface area contributed by atoms with Gasteiger partial charge in [0, 0.05) is 18.9 Å². The van der Waals surface area contributed by atoms with Gasteiger partial charge in [-0.05, 0) is 37.1 Å². The average Bonchev–Trinajstić information content (AvgIpc) is 3.08. The fourth-order valence-corrected chi connectivity index (χ4v) is 2.49. The van der Waals surface area contributed by atoms with Gasteiger partial charge in [-0.2, -0.15) is 4.98 Å². The zero-order valence-electron chi connectivity index (χ0n) is 10.9. The van der Waals surface area contributed by atoms with E-state index in [4.69, 9.17) is 10.3 Å². The summed E-state index contributed by atoms with van der Waals surface area (Å²) in [6.45, 7) is 1.75. The van der Waals surface area contributed by atoms with Crippen LogP contribution in [0.3, 0.4) is 0 Å². The molecule has 7 heteroatoms. The Labute approximate surface area is 115 Å². The van der Waals surface area contributed by atoms with Gasteiger partial charge in [-0.25, -0.2) is 0 Å². The van der Waals surface area contributed by atoms with Gasteiger partial charge in [-0.15, -0.1) is 0 Å². The predicted octanol–water partition coefficient (Wildman–Crippen LogP) is 0.901. The lowest BCUT2D eigenvalue weighted by molar-refractivity contribution is 0.0987. The third-order valence-electron chi connectivity index (χ3n) is 3.45. The monoisotopic (exact) mass is 273 g/mol. The molecule has 0 spiro atoms. The van der Waals surface area contributed by atoms with Crippen molar-refractivity contribution in [3.05, 3.63) is 41.8 Å². The van der Waals surface area contributed by atoms with Crippen LogP contribution in [0.4, 0.5) is 0 Å². The van der Waals surface area contributed by atoms with Crippen molar-refractivity contribution in [1.29, 1.82) is 0 Å². The first-order chi connectivity index (χ1) is 9.74. The first-order valence-corrected chi connectivity index (χ1v) is 6.50. The summed E-state index contributed by atoms with van der Waals surface area (Å²) in [6.07, 6.45) is 5.55. The van der Waals surface area contributed by atoms with Crippen LogP contribution in [0.15, 0.2) is 29.0 Å². The normalized spacial score (nSPS) is 19.3. The van der Waals surface area contributed by atoms with Gasteiger partial charge in [0.25, 0.3) is 11.7 Å². The van der Waals surface area contributed by atoms with Crippen LogP contribution in [0.2, 0.25) is 0 Å². The van der Waals surface area contributed by atoms with E-state index >= 15 is 0 Å². The summed E-state index contributed by atoms with van der Waals surface area (Å²) in [4.78, 5) is 21.4. The lowest BCUT2D eigenvalue weighted by atomic mass is 10.2. The fourth-order valence-electron chi connectivity index (χ4n) is 2.49. The molecule has 0 bridgehead atoms. The number of amides is 1. The number of hydrogen-bond acceptors (Lipinski definition) is 6. The minimum Gasteiger partial charge on any atom is -0.363 e. The number of aromatic nitrogens is 3. The van der Waals surface area contributed by atoms with Crippen LogP contribution >= 0.6 is 0 Å². The van der Waals surface area contributed by atoms with Crippen molar-refractivity contribution in [3.63, 3.8) is 0 Å². The van der Waals surface area contributed by atoms with E-state index in [1.807, 2.05) is 12.1 Å². The highest BCUT2D eigenvalue weighted by atomic mass is 16.5. The lowest BCUT2D eigenvalue weighted by Gasteiger charge is -2.21. The molecule has 1 fully saturated rings. The summed E-state index contributed by atoms with van der Waals surface area (Å²) in [6, 6.07) is 4.01. The number of carbonyl (C=O) groups excluding carboxylic acids is 1. The number of nitrogens with two attached hydrogens (primary N) is 1. The number of primary amides is 1. The molecule has 0 unspecified atom stereocenters. The first-order valence-electron chi connectivity index (χ1n) is 6.50. The van der Waals surface area contributed by atoms with E-state index in [9.17, 15) is 4.79 Å². The van der Waals surface area contributed by atoms with E-state index in [2.05, 4.69) is 20.0 Å². The van der Waals surface area contributed by atoms with Crippen LogP contribution in [0.25, 0.3) is 0 Å². The molecule has 2 aromatic heterocycles. The van der Waals surface area contributed by atoms with Crippen molar-refractivity contribution in [2.75, 3.05) is 6.54 Å². The molecule has 2 N–H and O–H groups in total. The Bertz CT molecular complexity index is 598. The highest BCUT2D eigenvalue weighted by Crippen LogP contribution is 2.31. The minimum atomic E-state index is -0.668. The highest BCUT2D eigenvalue weighted by molar-refractivity contribution is 5.88. The Morgan fingerprint density at radius 2 is 2.25 bits per heavy atom. The molecule has 104 valence electrons. The van der Waals surface area contributed by atoms with Crippen molar-refractivity contribution in [2.24, 2.45) is 5.73 Å². The Hall–Kier alpha value is -2.28. The number of likely N-dealkylation sites (tertiary alicyclic amines) is 1. The smallest absolute Gasteiger partial charge is 0.290 e. The second-order valence-corrected chi connectivity index (χ2v) is 4.80. The Morgan fingerprint density at radius 3 is 2.95 bits per heavy atom. The molecular weight excluding hydrogens is 258 g/mol. The van der Waals surface area contributed by atoms with Gasteiger partial charge in [-0.3, -0.25) is 14.7 Å². The second-order valence-electron chi connectivity index (χ2n) is 4.80. The van der Waals surface area contributed by atoms with Crippen LogP contribution in [-0.4, -0.2) is 32.5 Å². The quantitative estimate of drug-likeness (QED) is 0.888. The van der Waals surface area contributed by atoms with Crippen molar-refractivity contribution in [1.82, 2.24) is 20.0 Å². The molecule has 20 heavy (non-hydrogen) atoms. The maximum absolute atomic E-state index is 11.0. The summed E-state index contributed by atoms with van der Waals surface area (Å²) < 4.78 is 5.16. The summed E-state index contributed by atoms with van der Waals surface area (Å²) >= 11 is 0. The van der Waals surface area contributed by atoms with Crippen molar-refractivity contribution in [3.8, 4) is 0 Å². The summed E-state index contributed by atoms with van der Waals surface area (Å²) in [7, 11) is 0. The molecule has 3 rings (SSSR count). The van der Waals surface area contributed by atoms with Crippen molar-refractivity contribution >= 4 is 5.91 Å². The molecule has 0 aromatic carbocycles. The van der Waals surface area contributed by atoms with E-state index in [0.717, 1.165) is 25.9 Å². The molecule has 0 aliphatic carbocycles. The number of pyridine rings is 1. The van der Waals surface area contributed by atoms with Crippen LogP contribution in [0.1, 0.15) is 41.0 Å². The van der Waals surface area contributed by atoms with E-state index in [-0.39, 0.29) is 11.9 Å². The first kappa shape index (κ1) is 12.7. The van der Waals surface area contributed by atoms with Crippen LogP contribution < -0.4 is 5.73 Å². The molecule has 3 heterocycles. The third-order valence-corrected chi connectivity index (χ3v) is 3.45. The molecule has 0 saturated carbocycles. The molecule has 2 aromatic rings. The number of nitrogens with zero attached hydrogens (tertiary/aromatic N) is 4. The van der Waals surface area contributed by atoms with E-state index in [1.54, 1.807) is 12.4 Å². The van der Waals surface area contributed by atoms with E-state index < -0.39 is 5.91 Å². The largest absolute Gasteiger partial charge is 0.363 e. The van der Waals surface area contributed by atoms with Gasteiger partial charge >= 0.3 is 0 Å². The van der Waals surface area contributed by atoms with Crippen molar-refractivity contribution < 1.29 is 9.32 Å². The third kappa shape index (κ3) is 2.53. The van der Waals surface area contributed by atoms with Crippen LogP contribution in [-0.2, 0) is 6.54 Å². The molecule has 1 atom stereocenters. The SMILES string of the molecule is NC(=O)c1noc([C@H]2CCCN2Cc2ccncc2)n1. The van der Waals surface area contributed by atoms with Gasteiger partial charge in [-0.1, -0.05) is 5.16 Å². The number of rotatable bonds is 4. The topological polar surface area (TPSA) is 98.1 Å². The zero-order chi connectivity index (χ0) is 13.9. The standard InChI is InChI=1S/C13H15N5O2/c14-11(19)12-16-13(20-17-12)10-2-1-7-18(10)8-9-3-5-15-6-4-9/h3-6,10H,1-2,7-8H2,(H2,14,19)/t10-/m1/s1. The molecule has 0 radical (unpaired) electrons. The highest BCUT2D eigenvalue weighted by Gasteiger charge is 2.31. The maximum Gasteiger partial charge on any atom is 0.290 e. The molecular formula is C13H15N5O2. The van der Waals surface area contributed by atoms with Crippen LogP contribution in [0.5, 0.6) is 0 Å². The Balaban J connectivity index is 1.76. The summed E-state index contributed by atoms with van der Waals surface area (Å²) in [5.41, 5.74) is 6.32. The summed E-state index contributed by atoms with van der Waals surface area (Å²) in [5, 5.41) is 3.60. The fraction of sp³-hybridized carbons (Fsp3) is 0.385. The minimum absolute atomic E-state index is 0.0452. The van der Waals surface area contributed by atoms with Crippen molar-refractivity contribution in [2.45, 2.75) is 25.4 Å². The number of carbonyl (C=O) groups is 1. The number of hydrogen-bond donors (Lipinski definition) is 1. The van der Waals surface area contributed by atoms with Crippen LogP contribution in [0, 0.1) is 0 Å². The molecule has 1 saturated heterocycles. The second kappa shape index (κ2) is 5.38. The molecule has 7 nitrogen and oxygen atoms in total. The zero-order valence-corrected chi connectivity index (χ0v) is 10.9. The average molecular weight is 273 g/mol. The van der Waals surface area contributed by atoms with E-state index in [1.165, 1.54) is 5.56 Å². The predicted molar refractivity (Wildman–Crippen MR) is 69.4 cm³/mol. The van der Waals surface area contributed by atoms with Gasteiger partial charge in [0.1, 0.15) is 0 Å². The Morgan fingerprint density at radius 1 is 1.45 bits per heavy atom. The molecule has 1 aliphatic rings. The molecule has 1 amide bonds. The lowest BCUT2D eigenvalue weighted by Crippen LogP contribution is -2.23. The van der Waals surface area contributed by atoms with E-state index in [0.29, 0.717) is 5.89 Å². The van der Waals surface area contributed by atoms with Gasteiger partial charge < -0.3 is 10.3 Å². The van der Waals surface area contributed by atoms with Gasteiger partial charge in [0.2, 0.25) is 5.89 Å². The Kier molecular flexibility index (Phi) is 3.42. The van der Waals surface area contributed by atoms with Gasteiger partial charge in [0.05, 0.1) is 6.04 Å². The maximum atomic E-state index is 11.0. The summed E-state index contributed by atoms with van der Waals surface area (Å²) in [5.74, 6) is -0.264. The molecule has 1 aliphatic heterocycles. The van der Waals surface area contributed by atoms with Gasteiger partial charge in [0.15, 0.2) is 0 Å².